The molecular weight excluding hydrogens is 184 g/mol. The van der Waals surface area contributed by atoms with Crippen molar-refractivity contribution in [3.8, 4) is 0 Å². The molecule has 0 N–H and O–H groups in total. The molecule has 0 saturated carbocycles. The van der Waals surface area contributed by atoms with E-state index < -0.39 is 0 Å². The van der Waals surface area contributed by atoms with Crippen molar-refractivity contribution in [1.82, 2.24) is 0 Å². The van der Waals surface area contributed by atoms with Gasteiger partial charge in [0.05, 0.1) is 0 Å². The third kappa shape index (κ3) is 29.3. The molecule has 0 aromatic carbocycles. The van der Waals surface area contributed by atoms with Gasteiger partial charge in [0.2, 0.25) is 0 Å². The molecule has 0 amide bonds. The van der Waals surface area contributed by atoms with Gasteiger partial charge in [-0.15, -0.1) is 6.61 Å². The van der Waals surface area contributed by atoms with Gasteiger partial charge in [0.1, 0.15) is 0 Å². The maximum atomic E-state index is 8.93. The predicted octanol–water partition coefficient (Wildman–Crippen LogP) is 2.95. The van der Waals surface area contributed by atoms with Gasteiger partial charge in [-0.05, 0) is 0 Å². The first kappa shape index (κ1) is 20.2. The third-order valence-electron chi connectivity index (χ3n) is 1.85. The molecule has 0 unspecified atom stereocenters. The molecule has 0 saturated heterocycles. The summed E-state index contributed by atoms with van der Waals surface area (Å²) < 4.78 is 0. The number of rotatable bonds is 7. The van der Waals surface area contributed by atoms with Crippen molar-refractivity contribution < 1.29 is 5.11 Å². The van der Waals surface area contributed by atoms with E-state index in [1.807, 2.05) is 0 Å². The standard InChI is InChI=1S/C10H21.C2H5O.Mg/c1-3-5-7-9-10-8-6-4-2;1-2-3;/h1,3-10H2,2H3;2H2,1H3;/q2*-1;+2. The largest absolute Gasteiger partial charge is 2.00 e. The smallest absolute Gasteiger partial charge is 0.855 e. The first-order chi connectivity index (χ1) is 6.33. The minimum absolute atomic E-state index is 0. The molecule has 0 heterocycles. The zero-order chi connectivity index (χ0) is 10.4. The van der Waals surface area contributed by atoms with E-state index in [9.17, 15) is 0 Å². The molecule has 0 spiro atoms. The molecule has 0 aliphatic heterocycles. The Kier molecular flexibility index (Phi) is 33.9. The normalized spacial score (nSPS) is 8.57. The zero-order valence-corrected chi connectivity index (χ0v) is 11.6. The average molecular weight is 211 g/mol. The van der Waals surface area contributed by atoms with Gasteiger partial charge in [0.15, 0.2) is 0 Å². The Morgan fingerprint density at radius 1 is 0.857 bits per heavy atom. The minimum atomic E-state index is 0. The summed E-state index contributed by atoms with van der Waals surface area (Å²) in [5, 5.41) is 8.93. The monoisotopic (exact) mass is 210 g/mol. The van der Waals surface area contributed by atoms with E-state index in [0.29, 0.717) is 0 Å². The van der Waals surface area contributed by atoms with Gasteiger partial charge in [-0.3, -0.25) is 0 Å². The summed E-state index contributed by atoms with van der Waals surface area (Å²) in [7, 11) is 0. The van der Waals surface area contributed by atoms with E-state index in [-0.39, 0.29) is 29.7 Å². The van der Waals surface area contributed by atoms with E-state index in [1.165, 1.54) is 44.9 Å². The Bertz CT molecular complexity index is 59.3. The molecule has 2 heteroatoms. The van der Waals surface area contributed by atoms with Crippen molar-refractivity contribution >= 4 is 23.1 Å². The Morgan fingerprint density at radius 3 is 1.57 bits per heavy atom. The fourth-order valence-electron chi connectivity index (χ4n) is 1.13. The van der Waals surface area contributed by atoms with Crippen LogP contribution in [0.1, 0.15) is 65.2 Å². The second-order valence-electron chi connectivity index (χ2n) is 3.26. The Hall–Kier alpha value is 0.726. The molecule has 0 aromatic rings. The number of hydrogen-bond acceptors (Lipinski definition) is 1. The molecular formula is C12H26MgO. The van der Waals surface area contributed by atoms with Crippen molar-refractivity contribution in [1.29, 1.82) is 0 Å². The minimum Gasteiger partial charge on any atom is -0.855 e. The Labute approximate surface area is 107 Å². The summed E-state index contributed by atoms with van der Waals surface area (Å²) in [5.74, 6) is 0. The SMILES string of the molecule is CC[O-].[CH2-]CCCCCCCCC.[Mg+2]. The fraction of sp³-hybridized carbons (Fsp3) is 0.917. The molecule has 1 nitrogen and oxygen atoms in total. The van der Waals surface area contributed by atoms with Crippen LogP contribution in [0.15, 0.2) is 0 Å². The second kappa shape index (κ2) is 23.5. The van der Waals surface area contributed by atoms with Crippen LogP contribution in [0.2, 0.25) is 0 Å². The average Bonchev–Trinajstić information content (AvgIpc) is 2.13. The third-order valence-corrected chi connectivity index (χ3v) is 1.85. The molecule has 0 radical (unpaired) electrons. The molecule has 0 fully saturated rings. The Morgan fingerprint density at radius 2 is 1.21 bits per heavy atom. The Balaban J connectivity index is -0.000000267. The van der Waals surface area contributed by atoms with Gasteiger partial charge in [-0.2, -0.15) is 6.42 Å². The van der Waals surface area contributed by atoms with Gasteiger partial charge in [-0.1, -0.05) is 58.8 Å². The summed E-state index contributed by atoms with van der Waals surface area (Å²) in [4.78, 5) is 0. The van der Waals surface area contributed by atoms with Crippen LogP contribution in [0, 0.1) is 6.92 Å². The van der Waals surface area contributed by atoms with Crippen molar-refractivity contribution in [2.24, 2.45) is 0 Å². The van der Waals surface area contributed by atoms with Crippen LogP contribution < -0.4 is 5.11 Å². The van der Waals surface area contributed by atoms with Crippen LogP contribution in [0.3, 0.4) is 0 Å². The molecule has 82 valence electrons. The fourth-order valence-corrected chi connectivity index (χ4v) is 1.13. The van der Waals surface area contributed by atoms with Crippen molar-refractivity contribution in [2.75, 3.05) is 6.61 Å². The molecule has 0 atom stereocenters. The number of unbranched alkanes of at least 4 members (excludes halogenated alkanes) is 7. The van der Waals surface area contributed by atoms with E-state index in [0.717, 1.165) is 6.42 Å². The molecule has 0 rings (SSSR count). The summed E-state index contributed by atoms with van der Waals surface area (Å²) >= 11 is 0. The van der Waals surface area contributed by atoms with Crippen molar-refractivity contribution in [2.45, 2.75) is 65.2 Å². The van der Waals surface area contributed by atoms with Crippen LogP contribution in [0.4, 0.5) is 0 Å². The van der Waals surface area contributed by atoms with Crippen LogP contribution in [-0.4, -0.2) is 29.7 Å². The molecule has 14 heavy (non-hydrogen) atoms. The van der Waals surface area contributed by atoms with Crippen LogP contribution in [0.5, 0.6) is 0 Å². The maximum absolute atomic E-state index is 8.93. The van der Waals surface area contributed by atoms with E-state index in [2.05, 4.69) is 13.8 Å². The predicted molar refractivity (Wildman–Crippen MR) is 64.3 cm³/mol. The van der Waals surface area contributed by atoms with Crippen LogP contribution in [-0.2, 0) is 0 Å². The first-order valence-corrected chi connectivity index (χ1v) is 5.70. The topological polar surface area (TPSA) is 23.1 Å². The van der Waals surface area contributed by atoms with Crippen molar-refractivity contribution in [3.63, 3.8) is 0 Å². The molecule has 0 aromatic heterocycles. The van der Waals surface area contributed by atoms with E-state index in [4.69, 9.17) is 5.11 Å². The van der Waals surface area contributed by atoms with E-state index >= 15 is 0 Å². The zero-order valence-electron chi connectivity index (χ0n) is 10.2. The second-order valence-corrected chi connectivity index (χ2v) is 3.26. The summed E-state index contributed by atoms with van der Waals surface area (Å²) in [5.41, 5.74) is 0. The quantitative estimate of drug-likeness (QED) is 0.360. The molecule has 0 bridgehead atoms. The summed E-state index contributed by atoms with van der Waals surface area (Å²) in [6.07, 6.45) is 10.9. The maximum Gasteiger partial charge on any atom is 2.00 e. The summed E-state index contributed by atoms with van der Waals surface area (Å²) in [6.45, 7) is 7.65. The van der Waals surface area contributed by atoms with Crippen LogP contribution >= 0.6 is 0 Å². The van der Waals surface area contributed by atoms with Crippen LogP contribution in [0.25, 0.3) is 0 Å². The first-order valence-electron chi connectivity index (χ1n) is 5.70. The number of hydrogen-bond donors (Lipinski definition) is 0. The van der Waals surface area contributed by atoms with Gasteiger partial charge >= 0.3 is 23.1 Å². The summed E-state index contributed by atoms with van der Waals surface area (Å²) in [6, 6.07) is 0. The molecule has 0 aliphatic carbocycles. The van der Waals surface area contributed by atoms with Gasteiger partial charge in [0.25, 0.3) is 0 Å². The van der Waals surface area contributed by atoms with Crippen molar-refractivity contribution in [3.05, 3.63) is 6.92 Å². The molecule has 0 aliphatic rings. The van der Waals surface area contributed by atoms with Gasteiger partial charge in [-0.25, -0.2) is 0 Å². The van der Waals surface area contributed by atoms with Gasteiger partial charge < -0.3 is 12.0 Å². The van der Waals surface area contributed by atoms with E-state index in [1.54, 1.807) is 6.92 Å². The van der Waals surface area contributed by atoms with Gasteiger partial charge in [0, 0.05) is 0 Å².